The topological polar surface area (TPSA) is 24.9 Å². The molecule has 19 heavy (non-hydrogen) atoms. The van der Waals surface area contributed by atoms with E-state index in [0.717, 1.165) is 31.4 Å². The fourth-order valence-electron chi connectivity index (χ4n) is 1.76. The molecular weight excluding hydrogens is 344 g/mol. The zero-order chi connectivity index (χ0) is 13.2. The average molecular weight is 354 g/mol. The SMILES string of the molecule is Clc1ccc2sc(NCc3ccc(Br)cc3)nc2c1. The van der Waals surface area contributed by atoms with Crippen molar-refractivity contribution >= 4 is 54.2 Å². The van der Waals surface area contributed by atoms with E-state index < -0.39 is 0 Å². The van der Waals surface area contributed by atoms with E-state index in [4.69, 9.17) is 11.6 Å². The maximum atomic E-state index is 5.96. The Morgan fingerprint density at radius 2 is 1.95 bits per heavy atom. The molecular formula is C14H10BrClN2S. The number of thiazole rings is 1. The molecule has 3 aromatic rings. The highest BCUT2D eigenvalue weighted by Crippen LogP contribution is 2.28. The molecule has 0 spiro atoms. The van der Waals surface area contributed by atoms with Crippen LogP contribution in [0.2, 0.25) is 5.02 Å². The third-order valence-corrected chi connectivity index (χ3v) is 4.46. The van der Waals surface area contributed by atoms with Gasteiger partial charge in [-0.25, -0.2) is 4.98 Å². The van der Waals surface area contributed by atoms with Crippen molar-refractivity contribution in [3.8, 4) is 0 Å². The lowest BCUT2D eigenvalue weighted by Crippen LogP contribution is -1.98. The number of nitrogens with zero attached hydrogens (tertiary/aromatic N) is 1. The smallest absolute Gasteiger partial charge is 0.184 e. The molecule has 1 N–H and O–H groups in total. The van der Waals surface area contributed by atoms with Gasteiger partial charge in [0.1, 0.15) is 0 Å². The number of aromatic nitrogens is 1. The van der Waals surface area contributed by atoms with Crippen LogP contribution in [-0.2, 0) is 6.54 Å². The third kappa shape index (κ3) is 3.08. The number of hydrogen-bond donors (Lipinski definition) is 1. The molecule has 0 aliphatic heterocycles. The zero-order valence-corrected chi connectivity index (χ0v) is 13.0. The van der Waals surface area contributed by atoms with Crippen molar-refractivity contribution in [1.82, 2.24) is 4.98 Å². The minimum absolute atomic E-state index is 0.720. The van der Waals surface area contributed by atoms with Crippen LogP contribution in [-0.4, -0.2) is 4.98 Å². The van der Waals surface area contributed by atoms with Gasteiger partial charge in [-0.3, -0.25) is 0 Å². The second kappa shape index (κ2) is 5.49. The van der Waals surface area contributed by atoms with Crippen LogP contribution in [0.25, 0.3) is 10.2 Å². The summed E-state index contributed by atoms with van der Waals surface area (Å²) in [7, 11) is 0. The molecule has 96 valence electrons. The first-order chi connectivity index (χ1) is 9.20. The first-order valence-electron chi connectivity index (χ1n) is 5.75. The summed E-state index contributed by atoms with van der Waals surface area (Å²) < 4.78 is 2.23. The van der Waals surface area contributed by atoms with E-state index in [2.05, 4.69) is 38.4 Å². The molecule has 3 rings (SSSR count). The number of fused-ring (bicyclic) bond motifs is 1. The number of hydrogen-bond acceptors (Lipinski definition) is 3. The number of rotatable bonds is 3. The lowest BCUT2D eigenvalue weighted by molar-refractivity contribution is 1.14. The van der Waals surface area contributed by atoms with E-state index in [9.17, 15) is 0 Å². The van der Waals surface area contributed by atoms with Crippen LogP contribution >= 0.6 is 38.9 Å². The minimum Gasteiger partial charge on any atom is -0.357 e. The van der Waals surface area contributed by atoms with Crippen LogP contribution in [0.1, 0.15) is 5.56 Å². The van der Waals surface area contributed by atoms with Gasteiger partial charge in [-0.1, -0.05) is 51.0 Å². The second-order valence-electron chi connectivity index (χ2n) is 4.11. The lowest BCUT2D eigenvalue weighted by atomic mass is 10.2. The predicted octanol–water partition coefficient (Wildman–Crippen LogP) is 5.32. The Bertz CT molecular complexity index is 709. The summed E-state index contributed by atoms with van der Waals surface area (Å²) in [6, 6.07) is 14.0. The summed E-state index contributed by atoms with van der Waals surface area (Å²) >= 11 is 11.0. The van der Waals surface area contributed by atoms with Crippen molar-refractivity contribution in [2.75, 3.05) is 5.32 Å². The summed E-state index contributed by atoms with van der Waals surface area (Å²) in [4.78, 5) is 4.52. The van der Waals surface area contributed by atoms with Crippen molar-refractivity contribution in [2.24, 2.45) is 0 Å². The molecule has 1 aromatic heterocycles. The van der Waals surface area contributed by atoms with Crippen molar-refractivity contribution in [1.29, 1.82) is 0 Å². The minimum atomic E-state index is 0.720. The van der Waals surface area contributed by atoms with Crippen LogP contribution in [0.15, 0.2) is 46.9 Å². The summed E-state index contributed by atoms with van der Waals surface area (Å²) in [5.41, 5.74) is 2.16. The van der Waals surface area contributed by atoms with Crippen molar-refractivity contribution in [3.63, 3.8) is 0 Å². The van der Waals surface area contributed by atoms with Gasteiger partial charge in [-0.15, -0.1) is 0 Å². The summed E-state index contributed by atoms with van der Waals surface area (Å²) in [6.45, 7) is 0.765. The molecule has 0 bridgehead atoms. The molecule has 0 unspecified atom stereocenters. The summed E-state index contributed by atoms with van der Waals surface area (Å²) in [6.07, 6.45) is 0. The van der Waals surface area contributed by atoms with E-state index in [1.807, 2.05) is 30.3 Å². The molecule has 0 fully saturated rings. The number of anilines is 1. The molecule has 2 aromatic carbocycles. The van der Waals surface area contributed by atoms with Gasteiger partial charge >= 0.3 is 0 Å². The van der Waals surface area contributed by atoms with Gasteiger partial charge in [0, 0.05) is 16.0 Å². The number of nitrogens with one attached hydrogen (secondary N) is 1. The van der Waals surface area contributed by atoms with E-state index in [1.54, 1.807) is 11.3 Å². The Balaban J connectivity index is 1.76. The van der Waals surface area contributed by atoms with Crippen LogP contribution in [0.3, 0.4) is 0 Å². The second-order valence-corrected chi connectivity index (χ2v) is 6.49. The maximum absolute atomic E-state index is 5.96. The summed E-state index contributed by atoms with van der Waals surface area (Å²) in [5, 5.41) is 4.97. The van der Waals surface area contributed by atoms with Gasteiger partial charge in [0.15, 0.2) is 5.13 Å². The fourth-order valence-corrected chi connectivity index (χ4v) is 3.03. The molecule has 0 aliphatic rings. The monoisotopic (exact) mass is 352 g/mol. The van der Waals surface area contributed by atoms with Crippen molar-refractivity contribution in [3.05, 3.63) is 57.5 Å². The number of halogens is 2. The highest BCUT2D eigenvalue weighted by molar-refractivity contribution is 9.10. The molecule has 2 nitrogen and oxygen atoms in total. The molecule has 0 saturated carbocycles. The lowest BCUT2D eigenvalue weighted by Gasteiger charge is -2.02. The Hall–Kier alpha value is -1.10. The van der Waals surface area contributed by atoms with Crippen LogP contribution in [0, 0.1) is 0 Å². The third-order valence-electron chi connectivity index (χ3n) is 2.71. The Morgan fingerprint density at radius 3 is 2.74 bits per heavy atom. The van der Waals surface area contributed by atoms with Gasteiger partial charge < -0.3 is 5.32 Å². The van der Waals surface area contributed by atoms with Gasteiger partial charge in [0.25, 0.3) is 0 Å². The first kappa shape index (κ1) is 12.9. The fraction of sp³-hybridized carbons (Fsp3) is 0.0714. The van der Waals surface area contributed by atoms with E-state index in [0.29, 0.717) is 0 Å². The highest BCUT2D eigenvalue weighted by Gasteiger charge is 2.04. The molecule has 5 heteroatoms. The quantitative estimate of drug-likeness (QED) is 0.689. The summed E-state index contributed by atoms with van der Waals surface area (Å²) in [5.74, 6) is 0. The Morgan fingerprint density at radius 1 is 1.16 bits per heavy atom. The number of benzene rings is 2. The molecule has 0 radical (unpaired) electrons. The Kier molecular flexibility index (Phi) is 3.73. The average Bonchev–Trinajstić information content (AvgIpc) is 2.80. The largest absolute Gasteiger partial charge is 0.357 e. The van der Waals surface area contributed by atoms with Crippen molar-refractivity contribution in [2.45, 2.75) is 6.54 Å². The van der Waals surface area contributed by atoms with Gasteiger partial charge in [-0.05, 0) is 35.9 Å². The zero-order valence-electron chi connectivity index (χ0n) is 9.86. The van der Waals surface area contributed by atoms with Gasteiger partial charge in [-0.2, -0.15) is 0 Å². The molecule has 1 heterocycles. The standard InChI is InChI=1S/C14H10BrClN2S/c15-10-3-1-9(2-4-10)8-17-14-18-12-7-11(16)5-6-13(12)19-14/h1-7H,8H2,(H,17,18). The first-order valence-corrected chi connectivity index (χ1v) is 7.74. The van der Waals surface area contributed by atoms with E-state index in [1.165, 1.54) is 5.56 Å². The highest BCUT2D eigenvalue weighted by atomic mass is 79.9. The molecule has 0 atom stereocenters. The van der Waals surface area contributed by atoms with Crippen LogP contribution in [0.4, 0.5) is 5.13 Å². The predicted molar refractivity (Wildman–Crippen MR) is 86.1 cm³/mol. The Labute approximate surface area is 128 Å². The van der Waals surface area contributed by atoms with E-state index in [-0.39, 0.29) is 0 Å². The maximum Gasteiger partial charge on any atom is 0.184 e. The normalized spacial score (nSPS) is 10.8. The van der Waals surface area contributed by atoms with Crippen molar-refractivity contribution < 1.29 is 0 Å². The van der Waals surface area contributed by atoms with Crippen LogP contribution in [0.5, 0.6) is 0 Å². The molecule has 0 saturated heterocycles. The molecule has 0 aliphatic carbocycles. The van der Waals surface area contributed by atoms with E-state index >= 15 is 0 Å². The van der Waals surface area contributed by atoms with Gasteiger partial charge in [0.05, 0.1) is 10.2 Å². The van der Waals surface area contributed by atoms with Gasteiger partial charge in [0.2, 0.25) is 0 Å². The van der Waals surface area contributed by atoms with Crippen LogP contribution < -0.4 is 5.32 Å². The molecule has 0 amide bonds.